The quantitative estimate of drug-likeness (QED) is 0.241. The number of halogens is 2. The van der Waals surface area contributed by atoms with Gasteiger partial charge in [0, 0.05) is 36.4 Å². The van der Waals surface area contributed by atoms with Crippen molar-refractivity contribution in [1.29, 1.82) is 0 Å². The second-order valence-electron chi connectivity index (χ2n) is 8.50. The molecule has 0 atom stereocenters. The van der Waals surface area contributed by atoms with Gasteiger partial charge < -0.3 is 14.8 Å². The van der Waals surface area contributed by atoms with Gasteiger partial charge in [-0.3, -0.25) is 4.98 Å². The minimum atomic E-state index is -0.556. The van der Waals surface area contributed by atoms with E-state index in [1.165, 1.54) is 37.5 Å². The van der Waals surface area contributed by atoms with Crippen molar-refractivity contribution < 1.29 is 13.5 Å². The van der Waals surface area contributed by atoms with Crippen LogP contribution in [0.25, 0.3) is 11.3 Å². The molecule has 2 heterocycles. The van der Waals surface area contributed by atoms with Gasteiger partial charge in [-0.2, -0.15) is 0 Å². The average Bonchev–Trinajstić information content (AvgIpc) is 2.91. The number of pyridine rings is 1. The smallest absolute Gasteiger partial charge is 0.223 e. The molecule has 5 rings (SSSR count). The first-order valence-corrected chi connectivity index (χ1v) is 12.7. The van der Waals surface area contributed by atoms with Crippen LogP contribution in [-0.4, -0.2) is 21.0 Å². The number of rotatable bonds is 8. The van der Waals surface area contributed by atoms with Crippen LogP contribution in [0.4, 0.5) is 20.4 Å². The molecule has 0 unspecified atom stereocenters. The first kappa shape index (κ1) is 24.0. The van der Waals surface area contributed by atoms with E-state index in [-0.39, 0.29) is 11.6 Å². The Kier molecular flexibility index (Phi) is 7.56. The summed E-state index contributed by atoms with van der Waals surface area (Å²) in [5.74, 6) is 0.135. The molecule has 4 aromatic rings. The number of hydrogen-bond acceptors (Lipinski definition) is 7. The molecule has 1 fully saturated rings. The number of nitrogens with zero attached hydrogens (tertiary/aromatic N) is 3. The predicted molar refractivity (Wildman–Crippen MR) is 138 cm³/mol. The Bertz CT molecular complexity index is 1330. The van der Waals surface area contributed by atoms with Crippen molar-refractivity contribution in [2.45, 2.75) is 43.0 Å². The van der Waals surface area contributed by atoms with Crippen molar-refractivity contribution in [3.63, 3.8) is 0 Å². The van der Waals surface area contributed by atoms with Crippen molar-refractivity contribution in [1.82, 2.24) is 15.0 Å². The number of benzene rings is 2. The zero-order chi connectivity index (χ0) is 24.7. The highest BCUT2D eigenvalue weighted by atomic mass is 32.2. The van der Waals surface area contributed by atoms with Crippen LogP contribution in [0.5, 0.6) is 11.5 Å². The summed E-state index contributed by atoms with van der Waals surface area (Å²) in [7, 11) is 0. The lowest BCUT2D eigenvalue weighted by atomic mass is 9.96. The van der Waals surface area contributed by atoms with E-state index in [4.69, 9.17) is 4.74 Å². The van der Waals surface area contributed by atoms with E-state index in [1.807, 2.05) is 0 Å². The summed E-state index contributed by atoms with van der Waals surface area (Å²) in [5.41, 5.74) is 1.74. The zero-order valence-electron chi connectivity index (χ0n) is 19.5. The second kappa shape index (κ2) is 11.3. The molecule has 0 saturated heterocycles. The fourth-order valence-electron chi connectivity index (χ4n) is 4.08. The molecule has 0 radical (unpaired) electrons. The first-order chi connectivity index (χ1) is 17.7. The lowest BCUT2D eigenvalue weighted by Crippen LogP contribution is -2.23. The number of hydrogen-bond donors (Lipinski definition) is 2. The number of ether oxygens (including phenoxy) is 1. The second-order valence-corrected chi connectivity index (χ2v) is 9.35. The van der Waals surface area contributed by atoms with E-state index < -0.39 is 5.82 Å². The maximum absolute atomic E-state index is 14.9. The molecule has 2 aromatic heterocycles. The summed E-state index contributed by atoms with van der Waals surface area (Å²) in [6.45, 7) is 0. The highest BCUT2D eigenvalue weighted by molar-refractivity contribution is 8.00. The standard InChI is InChI=1S/C27H25F2N5OS/c28-21-8-4-5-9-26(21)36-34-19-10-11-25(22(29)16-19)35-24-13-14-30-17-20(24)23-12-15-31-27(33-23)32-18-6-2-1-3-7-18/h4-5,8-18,34H,1-3,6-7H2,(H,31,32,33). The Hall–Kier alpha value is -3.72. The minimum absolute atomic E-state index is 0.0542. The Labute approximate surface area is 212 Å². The summed E-state index contributed by atoms with van der Waals surface area (Å²) < 4.78 is 37.6. The van der Waals surface area contributed by atoms with Gasteiger partial charge in [0.1, 0.15) is 11.6 Å². The van der Waals surface area contributed by atoms with Crippen LogP contribution in [0, 0.1) is 11.6 Å². The Morgan fingerprint density at radius 3 is 2.58 bits per heavy atom. The van der Waals surface area contributed by atoms with Crippen LogP contribution in [-0.2, 0) is 0 Å². The van der Waals surface area contributed by atoms with Gasteiger partial charge in [0.2, 0.25) is 5.95 Å². The molecule has 184 valence electrons. The van der Waals surface area contributed by atoms with Gasteiger partial charge in [-0.05, 0) is 61.2 Å². The van der Waals surface area contributed by atoms with Crippen LogP contribution in [0.1, 0.15) is 32.1 Å². The normalized spacial score (nSPS) is 13.8. The molecule has 9 heteroatoms. The predicted octanol–water partition coefficient (Wildman–Crippen LogP) is 7.47. The maximum Gasteiger partial charge on any atom is 0.223 e. The SMILES string of the molecule is Fc1cc(NSc2ccccc2F)ccc1Oc1ccncc1-c1ccnc(NC2CCCCC2)n1. The summed E-state index contributed by atoms with van der Waals surface area (Å²) in [5, 5.41) is 3.43. The molecule has 0 spiro atoms. The third kappa shape index (κ3) is 5.91. The highest BCUT2D eigenvalue weighted by Gasteiger charge is 2.16. The number of nitrogens with one attached hydrogen (secondary N) is 2. The van der Waals surface area contributed by atoms with Gasteiger partial charge in [0.25, 0.3) is 0 Å². The third-order valence-corrected chi connectivity index (χ3v) is 6.81. The van der Waals surface area contributed by atoms with Crippen LogP contribution >= 0.6 is 11.9 Å². The molecule has 0 amide bonds. The highest BCUT2D eigenvalue weighted by Crippen LogP contribution is 2.34. The van der Waals surface area contributed by atoms with E-state index in [2.05, 4.69) is 25.0 Å². The maximum atomic E-state index is 14.9. The van der Waals surface area contributed by atoms with Gasteiger partial charge in [0.15, 0.2) is 11.6 Å². The van der Waals surface area contributed by atoms with Gasteiger partial charge >= 0.3 is 0 Å². The summed E-state index contributed by atoms with van der Waals surface area (Å²) in [6, 6.07) is 14.7. The van der Waals surface area contributed by atoms with E-state index in [9.17, 15) is 8.78 Å². The third-order valence-electron chi connectivity index (χ3n) is 5.92. The van der Waals surface area contributed by atoms with Gasteiger partial charge in [-0.15, -0.1) is 0 Å². The van der Waals surface area contributed by atoms with Crippen LogP contribution in [0.15, 0.2) is 78.1 Å². The largest absolute Gasteiger partial charge is 0.453 e. The molecular formula is C27H25F2N5OS. The lowest BCUT2D eigenvalue weighted by Gasteiger charge is -2.22. The summed E-state index contributed by atoms with van der Waals surface area (Å²) in [6.07, 6.45) is 10.8. The Balaban J connectivity index is 1.31. The van der Waals surface area contributed by atoms with E-state index in [0.717, 1.165) is 24.8 Å². The van der Waals surface area contributed by atoms with Gasteiger partial charge in [-0.25, -0.2) is 18.7 Å². The van der Waals surface area contributed by atoms with Crippen molar-refractivity contribution in [3.05, 3.63) is 84.8 Å². The molecule has 1 aliphatic rings. The van der Waals surface area contributed by atoms with Crippen molar-refractivity contribution in [3.8, 4) is 22.8 Å². The van der Waals surface area contributed by atoms with Crippen molar-refractivity contribution in [2.24, 2.45) is 0 Å². The molecule has 1 saturated carbocycles. The van der Waals surface area contributed by atoms with Gasteiger partial charge in [0.05, 0.1) is 16.2 Å². The van der Waals surface area contributed by atoms with E-state index in [0.29, 0.717) is 39.6 Å². The fourth-order valence-corrected chi connectivity index (χ4v) is 4.74. The number of aromatic nitrogens is 3. The average molecular weight is 506 g/mol. The first-order valence-electron chi connectivity index (χ1n) is 11.8. The van der Waals surface area contributed by atoms with E-state index in [1.54, 1.807) is 55.0 Å². The molecule has 2 aromatic carbocycles. The lowest BCUT2D eigenvalue weighted by molar-refractivity contribution is 0.443. The fraction of sp³-hybridized carbons (Fsp3) is 0.222. The van der Waals surface area contributed by atoms with E-state index >= 15 is 0 Å². The van der Waals surface area contributed by atoms with Crippen molar-refractivity contribution in [2.75, 3.05) is 10.0 Å². The van der Waals surface area contributed by atoms with Crippen LogP contribution in [0.2, 0.25) is 0 Å². The van der Waals surface area contributed by atoms with Gasteiger partial charge in [-0.1, -0.05) is 31.4 Å². The van der Waals surface area contributed by atoms with Crippen molar-refractivity contribution >= 4 is 23.6 Å². The molecule has 2 N–H and O–H groups in total. The molecule has 6 nitrogen and oxygen atoms in total. The Morgan fingerprint density at radius 1 is 0.889 bits per heavy atom. The molecule has 0 bridgehead atoms. The van der Waals surface area contributed by atoms with Crippen LogP contribution in [0.3, 0.4) is 0 Å². The molecular weight excluding hydrogens is 480 g/mol. The Morgan fingerprint density at radius 2 is 1.75 bits per heavy atom. The minimum Gasteiger partial charge on any atom is -0.453 e. The summed E-state index contributed by atoms with van der Waals surface area (Å²) >= 11 is 1.07. The zero-order valence-corrected chi connectivity index (χ0v) is 20.3. The molecule has 1 aliphatic carbocycles. The number of anilines is 2. The topological polar surface area (TPSA) is 72.0 Å². The monoisotopic (exact) mass is 505 g/mol. The molecule has 36 heavy (non-hydrogen) atoms. The molecule has 0 aliphatic heterocycles. The van der Waals surface area contributed by atoms with Crippen LogP contribution < -0.4 is 14.8 Å². The summed E-state index contributed by atoms with van der Waals surface area (Å²) in [4.78, 5) is 13.6.